The Bertz CT molecular complexity index is 222. The Morgan fingerprint density at radius 2 is 2.25 bits per heavy atom. The quantitative estimate of drug-likeness (QED) is 0.558. The van der Waals surface area contributed by atoms with Crippen LogP contribution in [0.4, 0.5) is 0 Å². The number of epoxide rings is 1. The van der Waals surface area contributed by atoms with Crippen molar-refractivity contribution in [2.24, 2.45) is 11.8 Å². The minimum Gasteiger partial charge on any atom is -0.357 e. The number of ether oxygens (including phenoxy) is 1. The molecule has 1 aliphatic carbocycles. The predicted molar refractivity (Wildman–Crippen MR) is 45.8 cm³/mol. The molecular weight excluding hydrogens is 152 g/mol. The normalized spacial score (nSPS) is 46.2. The van der Waals surface area contributed by atoms with Gasteiger partial charge in [-0.15, -0.1) is 0 Å². The van der Waals surface area contributed by atoms with Gasteiger partial charge in [-0.2, -0.15) is 0 Å². The van der Waals surface area contributed by atoms with Crippen molar-refractivity contribution in [2.75, 3.05) is 0 Å². The fraction of sp³-hybridized carbons (Fsp3) is 0.900. The molecule has 0 radical (unpaired) electrons. The van der Waals surface area contributed by atoms with Gasteiger partial charge in [-0.1, -0.05) is 20.8 Å². The van der Waals surface area contributed by atoms with Gasteiger partial charge in [-0.3, -0.25) is 4.79 Å². The lowest BCUT2D eigenvalue weighted by Crippen LogP contribution is -2.35. The molecule has 3 atom stereocenters. The molecular formula is C10H16O2. The predicted octanol–water partition coefficient (Wildman–Crippen LogP) is 1.78. The van der Waals surface area contributed by atoms with Crippen molar-refractivity contribution in [3.63, 3.8) is 0 Å². The molecule has 12 heavy (non-hydrogen) atoms. The highest BCUT2D eigenvalue weighted by atomic mass is 16.6. The lowest BCUT2D eigenvalue weighted by molar-refractivity contribution is -0.124. The first kappa shape index (κ1) is 8.24. The molecule has 0 spiro atoms. The molecule has 0 N–H and O–H groups in total. The molecule has 1 saturated carbocycles. The van der Waals surface area contributed by atoms with Crippen molar-refractivity contribution in [2.45, 2.75) is 45.3 Å². The van der Waals surface area contributed by atoms with Gasteiger partial charge in [-0.25, -0.2) is 0 Å². The van der Waals surface area contributed by atoms with Crippen LogP contribution < -0.4 is 0 Å². The van der Waals surface area contributed by atoms with E-state index < -0.39 is 0 Å². The topological polar surface area (TPSA) is 29.6 Å². The van der Waals surface area contributed by atoms with E-state index in [2.05, 4.69) is 13.8 Å². The summed E-state index contributed by atoms with van der Waals surface area (Å²) in [6.45, 7) is 6.29. The van der Waals surface area contributed by atoms with E-state index in [1.807, 2.05) is 6.92 Å². The van der Waals surface area contributed by atoms with Crippen LogP contribution in [0.1, 0.15) is 33.6 Å². The van der Waals surface area contributed by atoms with Crippen molar-refractivity contribution in [3.8, 4) is 0 Å². The van der Waals surface area contributed by atoms with Gasteiger partial charge in [-0.05, 0) is 18.8 Å². The molecule has 0 aromatic heterocycles. The molecule has 1 heterocycles. The molecule has 2 rings (SSSR count). The number of ketones is 1. The monoisotopic (exact) mass is 168 g/mol. The average molecular weight is 168 g/mol. The van der Waals surface area contributed by atoms with E-state index in [0.29, 0.717) is 11.7 Å². The smallest absolute Gasteiger partial charge is 0.167 e. The van der Waals surface area contributed by atoms with Gasteiger partial charge in [0.25, 0.3) is 0 Å². The number of fused-ring (bicyclic) bond motifs is 1. The SMILES string of the molecule is CC(C)[C@@]12CC[C@@H](C)C(=O)[C@@H]1O2. The Morgan fingerprint density at radius 1 is 1.58 bits per heavy atom. The molecule has 2 nitrogen and oxygen atoms in total. The van der Waals surface area contributed by atoms with Gasteiger partial charge in [0.15, 0.2) is 5.78 Å². The van der Waals surface area contributed by atoms with Crippen molar-refractivity contribution in [3.05, 3.63) is 0 Å². The van der Waals surface area contributed by atoms with Crippen LogP contribution in [0.2, 0.25) is 0 Å². The molecule has 0 aromatic rings. The van der Waals surface area contributed by atoms with Crippen LogP contribution >= 0.6 is 0 Å². The summed E-state index contributed by atoms with van der Waals surface area (Å²) in [5.41, 5.74) is -0.0520. The van der Waals surface area contributed by atoms with Crippen LogP contribution in [0.3, 0.4) is 0 Å². The molecule has 0 amide bonds. The fourth-order valence-electron chi connectivity index (χ4n) is 2.24. The Morgan fingerprint density at radius 3 is 2.83 bits per heavy atom. The van der Waals surface area contributed by atoms with Gasteiger partial charge in [0.2, 0.25) is 0 Å². The van der Waals surface area contributed by atoms with E-state index in [4.69, 9.17) is 4.74 Å². The number of rotatable bonds is 1. The lowest BCUT2D eigenvalue weighted by Gasteiger charge is -2.23. The van der Waals surface area contributed by atoms with Crippen molar-refractivity contribution in [1.29, 1.82) is 0 Å². The summed E-state index contributed by atoms with van der Waals surface area (Å²) in [5, 5.41) is 0. The molecule has 0 aromatic carbocycles. The Balaban J connectivity index is 2.15. The van der Waals surface area contributed by atoms with E-state index in [-0.39, 0.29) is 17.6 Å². The fourth-order valence-corrected chi connectivity index (χ4v) is 2.24. The van der Waals surface area contributed by atoms with E-state index in [1.165, 1.54) is 0 Å². The van der Waals surface area contributed by atoms with Crippen LogP contribution in [0.15, 0.2) is 0 Å². The highest BCUT2D eigenvalue weighted by Crippen LogP contribution is 2.52. The molecule has 2 fully saturated rings. The first-order valence-corrected chi connectivity index (χ1v) is 4.79. The van der Waals surface area contributed by atoms with Crippen LogP contribution in [0, 0.1) is 11.8 Å². The maximum absolute atomic E-state index is 11.6. The molecule has 68 valence electrons. The maximum atomic E-state index is 11.6. The highest BCUT2D eigenvalue weighted by molar-refractivity contribution is 5.89. The zero-order valence-electron chi connectivity index (χ0n) is 7.96. The van der Waals surface area contributed by atoms with E-state index in [9.17, 15) is 4.79 Å². The molecule has 2 aliphatic rings. The summed E-state index contributed by atoms with van der Waals surface area (Å²) in [6, 6.07) is 0. The Labute approximate surface area is 73.3 Å². The van der Waals surface area contributed by atoms with Gasteiger partial charge >= 0.3 is 0 Å². The molecule has 1 aliphatic heterocycles. The standard InChI is InChI=1S/C10H16O2/c1-6(2)10-5-4-7(3)8(11)9(10)12-10/h6-7,9H,4-5H2,1-3H3/t7-,9+,10+/m1/s1. The van der Waals surface area contributed by atoms with Crippen LogP contribution in [-0.4, -0.2) is 17.5 Å². The average Bonchev–Trinajstić information content (AvgIpc) is 2.74. The third-order valence-corrected chi connectivity index (χ3v) is 3.41. The van der Waals surface area contributed by atoms with Crippen molar-refractivity contribution in [1.82, 2.24) is 0 Å². The maximum Gasteiger partial charge on any atom is 0.167 e. The van der Waals surface area contributed by atoms with Gasteiger partial charge in [0, 0.05) is 5.92 Å². The third-order valence-electron chi connectivity index (χ3n) is 3.41. The minimum absolute atomic E-state index is 0.0520. The minimum atomic E-state index is -0.0544. The summed E-state index contributed by atoms with van der Waals surface area (Å²) < 4.78 is 5.56. The summed E-state index contributed by atoms with van der Waals surface area (Å²) in [5.74, 6) is 1.04. The number of carbonyl (C=O) groups is 1. The molecule has 0 bridgehead atoms. The number of hydrogen-bond donors (Lipinski definition) is 0. The molecule has 2 heteroatoms. The van der Waals surface area contributed by atoms with Gasteiger partial charge in [0.05, 0.1) is 0 Å². The van der Waals surface area contributed by atoms with Crippen molar-refractivity contribution >= 4 is 5.78 Å². The Hall–Kier alpha value is -0.370. The molecule has 1 saturated heterocycles. The largest absolute Gasteiger partial charge is 0.357 e. The van der Waals surface area contributed by atoms with Crippen LogP contribution in [0.25, 0.3) is 0 Å². The number of hydrogen-bond acceptors (Lipinski definition) is 2. The summed E-state index contributed by atoms with van der Waals surface area (Å²) in [7, 11) is 0. The first-order chi connectivity index (χ1) is 5.58. The van der Waals surface area contributed by atoms with Crippen LogP contribution in [-0.2, 0) is 9.53 Å². The first-order valence-electron chi connectivity index (χ1n) is 4.79. The van der Waals surface area contributed by atoms with E-state index in [0.717, 1.165) is 12.8 Å². The third kappa shape index (κ3) is 0.875. The lowest BCUT2D eigenvalue weighted by atomic mass is 9.77. The van der Waals surface area contributed by atoms with Crippen molar-refractivity contribution < 1.29 is 9.53 Å². The highest BCUT2D eigenvalue weighted by Gasteiger charge is 2.64. The van der Waals surface area contributed by atoms with E-state index in [1.54, 1.807) is 0 Å². The second kappa shape index (κ2) is 2.32. The second-order valence-corrected chi connectivity index (χ2v) is 4.45. The summed E-state index contributed by atoms with van der Waals surface area (Å²) in [6.07, 6.45) is 2.02. The number of Topliss-reactive ketones (excluding diaryl/α,β-unsaturated/α-hetero) is 1. The second-order valence-electron chi connectivity index (χ2n) is 4.45. The van der Waals surface area contributed by atoms with Crippen LogP contribution in [0.5, 0.6) is 0 Å². The molecule has 0 unspecified atom stereocenters. The van der Waals surface area contributed by atoms with E-state index >= 15 is 0 Å². The Kier molecular flexibility index (Phi) is 1.59. The zero-order valence-corrected chi connectivity index (χ0v) is 7.96. The zero-order chi connectivity index (χ0) is 8.93. The summed E-state index contributed by atoms with van der Waals surface area (Å²) in [4.78, 5) is 11.6. The van der Waals surface area contributed by atoms with Gasteiger partial charge < -0.3 is 4.74 Å². The summed E-state index contributed by atoms with van der Waals surface area (Å²) >= 11 is 0. The number of carbonyl (C=O) groups excluding carboxylic acids is 1. The van der Waals surface area contributed by atoms with Gasteiger partial charge in [0.1, 0.15) is 11.7 Å².